The molecule has 0 bridgehead atoms. The molecule has 0 fully saturated rings. The number of halogens is 2. The Morgan fingerprint density at radius 3 is 2.63 bits per heavy atom. The van der Waals surface area contributed by atoms with Crippen LogP contribution >= 0.6 is 23.2 Å². The van der Waals surface area contributed by atoms with Gasteiger partial charge in [-0.15, -0.1) is 0 Å². The molecule has 1 heterocycles. The van der Waals surface area contributed by atoms with E-state index in [0.717, 1.165) is 0 Å². The highest BCUT2D eigenvalue weighted by atomic mass is 35.5. The molecular formula is C24H27Cl2N5O7. The van der Waals surface area contributed by atoms with Crippen molar-refractivity contribution in [2.75, 3.05) is 31.6 Å². The van der Waals surface area contributed by atoms with Gasteiger partial charge in [0.2, 0.25) is 5.91 Å². The van der Waals surface area contributed by atoms with E-state index in [9.17, 15) is 29.7 Å². The number of ether oxygens (including phenoxy) is 1. The predicted octanol–water partition coefficient (Wildman–Crippen LogP) is 1.68. The molecule has 38 heavy (non-hydrogen) atoms. The number of β-amino-alcohol motifs (C(OH)–C–C–N with tert-alkyl or cyclic N) is 1. The Morgan fingerprint density at radius 1 is 1.18 bits per heavy atom. The van der Waals surface area contributed by atoms with Gasteiger partial charge in [-0.05, 0) is 31.2 Å². The van der Waals surface area contributed by atoms with Crippen LogP contribution in [0.25, 0.3) is 0 Å². The Balaban J connectivity index is 1.67. The molecule has 2 amide bonds. The van der Waals surface area contributed by atoms with E-state index >= 15 is 0 Å². The van der Waals surface area contributed by atoms with E-state index in [4.69, 9.17) is 27.9 Å². The third-order valence-corrected chi connectivity index (χ3v) is 5.77. The molecule has 1 aliphatic heterocycles. The molecule has 2 aromatic rings. The lowest BCUT2D eigenvalue weighted by atomic mass is 10.0. The largest absolute Gasteiger partial charge is 0.508 e. The van der Waals surface area contributed by atoms with Crippen LogP contribution in [0.15, 0.2) is 35.3 Å². The fraction of sp³-hybridized carbons (Fsp3) is 0.333. The van der Waals surface area contributed by atoms with Crippen molar-refractivity contribution in [3.8, 4) is 11.5 Å². The maximum Gasteiger partial charge on any atom is 0.308 e. The lowest BCUT2D eigenvalue weighted by Gasteiger charge is -2.21. The van der Waals surface area contributed by atoms with E-state index in [1.807, 2.05) is 0 Å². The van der Waals surface area contributed by atoms with Crippen molar-refractivity contribution in [2.24, 2.45) is 4.99 Å². The highest BCUT2D eigenvalue weighted by Crippen LogP contribution is 2.36. The number of hydrogen-bond donors (Lipinski definition) is 7. The third kappa shape index (κ3) is 8.13. The predicted molar refractivity (Wildman–Crippen MR) is 141 cm³/mol. The fourth-order valence-corrected chi connectivity index (χ4v) is 4.06. The molecule has 0 saturated heterocycles. The summed E-state index contributed by atoms with van der Waals surface area (Å²) in [6.45, 7) is 1.75. The number of esters is 1. The molecule has 7 N–H and O–H groups in total. The number of aromatic hydroxyl groups is 2. The number of phenolic OH excluding ortho intramolecular Hbond substituents is 2. The van der Waals surface area contributed by atoms with Crippen LogP contribution in [0.5, 0.6) is 11.5 Å². The standard InChI is InChI=1S/C24H27Cl2N5O7/c1-2-38-21(35)8-19(17-5-13(25)6-18(26)22(17)36)31-20(34)11-27-23(37)12-3-14(7-15(32)4-12)30-24-28-9-16(33)10-29-24/h3-7,16,19,32-33,36H,2,8-11H2,1H3,(H,27,37)(H,31,34)(H2,28,29,30). The topological polar surface area (TPSA) is 182 Å². The van der Waals surface area contributed by atoms with Gasteiger partial charge in [-0.3, -0.25) is 19.4 Å². The zero-order valence-electron chi connectivity index (χ0n) is 20.3. The summed E-state index contributed by atoms with van der Waals surface area (Å²) in [5.74, 6) is -2.18. The summed E-state index contributed by atoms with van der Waals surface area (Å²) in [5, 5.41) is 40.8. The Bertz CT molecular complexity index is 1240. The average molecular weight is 568 g/mol. The lowest BCUT2D eigenvalue weighted by molar-refractivity contribution is -0.143. The second kappa shape index (κ2) is 13.2. The van der Waals surface area contributed by atoms with Crippen LogP contribution in [0.1, 0.15) is 35.3 Å². The normalized spacial score (nSPS) is 15.5. The monoisotopic (exact) mass is 567 g/mol. The van der Waals surface area contributed by atoms with Gasteiger partial charge in [0.05, 0.1) is 43.3 Å². The Kier molecular flexibility index (Phi) is 9.99. The van der Waals surface area contributed by atoms with Crippen LogP contribution in [-0.4, -0.2) is 71.4 Å². The lowest BCUT2D eigenvalue weighted by Crippen LogP contribution is -2.42. The van der Waals surface area contributed by atoms with Gasteiger partial charge in [-0.2, -0.15) is 0 Å². The van der Waals surface area contributed by atoms with Gasteiger partial charge in [0, 0.05) is 34.4 Å². The molecule has 1 aliphatic rings. The van der Waals surface area contributed by atoms with Crippen LogP contribution in [-0.2, 0) is 14.3 Å². The number of hydrogen-bond acceptors (Lipinski definition) is 10. The van der Waals surface area contributed by atoms with Gasteiger partial charge in [-0.25, -0.2) is 0 Å². The van der Waals surface area contributed by atoms with Gasteiger partial charge in [0.1, 0.15) is 11.5 Å². The van der Waals surface area contributed by atoms with Crippen molar-refractivity contribution in [3.05, 3.63) is 51.5 Å². The molecule has 0 aromatic heterocycles. The van der Waals surface area contributed by atoms with Crippen molar-refractivity contribution < 1.29 is 34.4 Å². The van der Waals surface area contributed by atoms with Gasteiger partial charge in [-0.1, -0.05) is 23.2 Å². The van der Waals surface area contributed by atoms with Crippen molar-refractivity contribution in [3.63, 3.8) is 0 Å². The molecule has 2 unspecified atom stereocenters. The van der Waals surface area contributed by atoms with Crippen LogP contribution in [0.3, 0.4) is 0 Å². The first-order chi connectivity index (χ1) is 18.0. The molecule has 2 atom stereocenters. The van der Waals surface area contributed by atoms with Gasteiger partial charge < -0.3 is 41.3 Å². The summed E-state index contributed by atoms with van der Waals surface area (Å²) in [6.07, 6.45) is -0.928. The number of aliphatic hydroxyl groups is 1. The number of carbonyl (C=O) groups is 3. The minimum Gasteiger partial charge on any atom is -0.508 e. The molecule has 14 heteroatoms. The molecule has 0 spiro atoms. The third-order valence-electron chi connectivity index (χ3n) is 5.26. The Hall–Kier alpha value is -3.74. The first kappa shape index (κ1) is 28.8. The van der Waals surface area contributed by atoms with Crippen LogP contribution in [0.4, 0.5) is 5.69 Å². The summed E-state index contributed by atoms with van der Waals surface area (Å²) in [6, 6.07) is 5.66. The molecule has 0 radical (unpaired) electrons. The van der Waals surface area contributed by atoms with E-state index in [1.165, 1.54) is 30.3 Å². The van der Waals surface area contributed by atoms with Crippen LogP contribution in [0, 0.1) is 0 Å². The number of nitrogens with one attached hydrogen (secondary N) is 4. The summed E-state index contributed by atoms with van der Waals surface area (Å²) >= 11 is 12.0. The highest BCUT2D eigenvalue weighted by molar-refractivity contribution is 6.35. The Morgan fingerprint density at radius 2 is 1.95 bits per heavy atom. The van der Waals surface area contributed by atoms with Gasteiger partial charge >= 0.3 is 5.97 Å². The summed E-state index contributed by atoms with van der Waals surface area (Å²) in [4.78, 5) is 41.6. The Labute approximate surface area is 228 Å². The number of rotatable bonds is 9. The van der Waals surface area contributed by atoms with Crippen molar-refractivity contribution >= 4 is 52.6 Å². The average Bonchev–Trinajstić information content (AvgIpc) is 2.85. The van der Waals surface area contributed by atoms with Crippen LogP contribution < -0.4 is 21.3 Å². The van der Waals surface area contributed by atoms with E-state index in [1.54, 1.807) is 6.92 Å². The molecule has 2 aromatic carbocycles. The molecular weight excluding hydrogens is 541 g/mol. The molecule has 204 valence electrons. The highest BCUT2D eigenvalue weighted by Gasteiger charge is 2.24. The van der Waals surface area contributed by atoms with Crippen molar-refractivity contribution in [2.45, 2.75) is 25.5 Å². The van der Waals surface area contributed by atoms with E-state index in [2.05, 4.69) is 26.3 Å². The zero-order chi connectivity index (χ0) is 27.8. The maximum atomic E-state index is 12.7. The number of phenols is 2. The smallest absolute Gasteiger partial charge is 0.308 e. The number of nitrogens with zero attached hydrogens (tertiary/aromatic N) is 1. The maximum absolute atomic E-state index is 12.7. The fourth-order valence-electron chi connectivity index (χ4n) is 3.55. The minimum absolute atomic E-state index is 0.0547. The van der Waals surface area contributed by atoms with Crippen LogP contribution in [0.2, 0.25) is 10.0 Å². The number of guanidine groups is 1. The molecule has 12 nitrogen and oxygen atoms in total. The number of benzene rings is 2. The number of anilines is 1. The van der Waals surface area contributed by atoms with Gasteiger partial charge in [0.25, 0.3) is 5.91 Å². The number of aliphatic hydroxyl groups excluding tert-OH is 1. The van der Waals surface area contributed by atoms with E-state index in [-0.39, 0.29) is 52.2 Å². The summed E-state index contributed by atoms with van der Waals surface area (Å²) in [5.41, 5.74) is 0.509. The minimum atomic E-state index is -1.05. The summed E-state index contributed by atoms with van der Waals surface area (Å²) in [7, 11) is 0. The quantitative estimate of drug-likeness (QED) is 0.221. The number of aliphatic imine (C=N–C) groups is 1. The summed E-state index contributed by atoms with van der Waals surface area (Å²) < 4.78 is 4.95. The molecule has 0 saturated carbocycles. The zero-order valence-corrected chi connectivity index (χ0v) is 21.8. The van der Waals surface area contributed by atoms with Crippen molar-refractivity contribution in [1.29, 1.82) is 0 Å². The van der Waals surface area contributed by atoms with Gasteiger partial charge in [0.15, 0.2) is 5.96 Å². The number of amides is 2. The first-order valence-corrected chi connectivity index (χ1v) is 12.3. The first-order valence-electron chi connectivity index (χ1n) is 11.5. The van der Waals surface area contributed by atoms with Crippen molar-refractivity contribution in [1.82, 2.24) is 16.0 Å². The second-order valence-corrected chi connectivity index (χ2v) is 9.10. The van der Waals surface area contributed by atoms with E-state index < -0.39 is 36.5 Å². The molecule has 0 aliphatic carbocycles. The second-order valence-electron chi connectivity index (χ2n) is 8.25. The molecule has 3 rings (SSSR count). The SMILES string of the molecule is CCOC(=O)CC(NC(=O)CNC(=O)c1cc(O)cc(NC2=NCC(O)CN2)c1)c1cc(Cl)cc(Cl)c1O. The van der Waals surface area contributed by atoms with E-state index in [0.29, 0.717) is 18.2 Å². The number of carbonyl (C=O) groups excluding carboxylic acids is 3.